The maximum atomic E-state index is 10.8. The highest BCUT2D eigenvalue weighted by Crippen LogP contribution is 2.20. The van der Waals surface area contributed by atoms with E-state index in [1.165, 1.54) is 0 Å². The van der Waals surface area contributed by atoms with Gasteiger partial charge in [-0.15, -0.1) is 0 Å². The van der Waals surface area contributed by atoms with E-state index >= 15 is 0 Å². The predicted octanol–water partition coefficient (Wildman–Crippen LogP) is 1.28. The number of carbonyl (C=O) groups excluding carboxylic acids is 1. The van der Waals surface area contributed by atoms with Crippen molar-refractivity contribution in [1.82, 2.24) is 0 Å². The Morgan fingerprint density at radius 2 is 1.46 bits per heavy atom. The minimum absolute atomic E-state index is 0.345. The highest BCUT2D eigenvalue weighted by Gasteiger charge is 2.08. The van der Waals surface area contributed by atoms with Gasteiger partial charge < -0.3 is 9.90 Å². The second-order valence-electron chi connectivity index (χ2n) is 3.42. The molecule has 0 radical (unpaired) electrons. The Labute approximate surface area is 78.2 Å². The number of carboxylic acids is 1. The smallest absolute Gasteiger partial charge is 0.0720 e. The van der Waals surface area contributed by atoms with Crippen LogP contribution in [0.2, 0.25) is 0 Å². The number of carboxylic acid groups (broad SMARTS) is 1. The summed E-state index contributed by atoms with van der Waals surface area (Å²) in [4.78, 5) is 10.8. The van der Waals surface area contributed by atoms with Gasteiger partial charge in [-0.1, -0.05) is 6.07 Å². The van der Waals surface area contributed by atoms with Gasteiger partial charge in [0.15, 0.2) is 0 Å². The molecule has 1 rings (SSSR count). The summed E-state index contributed by atoms with van der Waals surface area (Å²) < 4.78 is 0. The Morgan fingerprint density at radius 1 is 1.08 bits per heavy atom. The van der Waals surface area contributed by atoms with E-state index in [0.29, 0.717) is 5.56 Å². The summed E-state index contributed by atoms with van der Waals surface area (Å²) in [5.41, 5.74) is 3.97. The highest BCUT2D eigenvalue weighted by atomic mass is 16.4. The van der Waals surface area contributed by atoms with Crippen LogP contribution in [0.15, 0.2) is 6.07 Å². The molecule has 0 saturated carbocycles. The first-order chi connectivity index (χ1) is 5.95. The van der Waals surface area contributed by atoms with E-state index < -0.39 is 5.97 Å². The number of aromatic carboxylic acids is 1. The second kappa shape index (κ2) is 3.21. The molecular weight excluding hydrogens is 164 g/mol. The topological polar surface area (TPSA) is 40.1 Å². The molecular formula is C11H13O2-. The summed E-state index contributed by atoms with van der Waals surface area (Å²) in [6.45, 7) is 7.45. The zero-order valence-electron chi connectivity index (χ0n) is 8.39. The maximum absolute atomic E-state index is 10.8. The molecule has 0 heterocycles. The molecule has 0 atom stereocenters. The molecule has 1 aromatic carbocycles. The number of benzene rings is 1. The molecule has 70 valence electrons. The van der Waals surface area contributed by atoms with Crippen LogP contribution in [0, 0.1) is 27.7 Å². The van der Waals surface area contributed by atoms with Gasteiger partial charge in [-0.2, -0.15) is 0 Å². The molecule has 2 heteroatoms. The Balaban J connectivity index is 3.56. The monoisotopic (exact) mass is 177 g/mol. The first kappa shape index (κ1) is 9.78. The van der Waals surface area contributed by atoms with Crippen LogP contribution in [0.4, 0.5) is 0 Å². The summed E-state index contributed by atoms with van der Waals surface area (Å²) in [6.07, 6.45) is 0. The fourth-order valence-electron chi connectivity index (χ4n) is 1.52. The van der Waals surface area contributed by atoms with Crippen LogP contribution in [0.25, 0.3) is 0 Å². The summed E-state index contributed by atoms with van der Waals surface area (Å²) in [7, 11) is 0. The second-order valence-corrected chi connectivity index (χ2v) is 3.42. The molecule has 0 aromatic heterocycles. The van der Waals surface area contributed by atoms with Crippen LogP contribution in [-0.4, -0.2) is 5.97 Å². The summed E-state index contributed by atoms with van der Waals surface area (Å²) in [6, 6.07) is 2.00. The van der Waals surface area contributed by atoms with E-state index in [2.05, 4.69) is 0 Å². The fourth-order valence-corrected chi connectivity index (χ4v) is 1.52. The van der Waals surface area contributed by atoms with E-state index in [1.807, 2.05) is 33.8 Å². The molecule has 0 bridgehead atoms. The van der Waals surface area contributed by atoms with Gasteiger partial charge in [0.25, 0.3) is 0 Å². The first-order valence-electron chi connectivity index (χ1n) is 4.24. The Hall–Kier alpha value is -1.31. The number of carbonyl (C=O) groups is 1. The van der Waals surface area contributed by atoms with Gasteiger partial charge in [-0.05, 0) is 49.9 Å². The van der Waals surface area contributed by atoms with Crippen LogP contribution in [0.1, 0.15) is 32.6 Å². The lowest BCUT2D eigenvalue weighted by Crippen LogP contribution is -2.25. The molecule has 0 spiro atoms. The number of hydrogen-bond acceptors (Lipinski definition) is 2. The minimum atomic E-state index is -1.08. The SMILES string of the molecule is Cc1cc(C)c(C)c(C(=O)[O-])c1C. The number of rotatable bonds is 1. The minimum Gasteiger partial charge on any atom is -0.545 e. The molecule has 0 amide bonds. The zero-order chi connectivity index (χ0) is 10.2. The third-order valence-corrected chi connectivity index (χ3v) is 2.57. The normalized spacial score (nSPS) is 10.2. The molecule has 0 saturated heterocycles. The molecule has 0 unspecified atom stereocenters. The van der Waals surface area contributed by atoms with Crippen molar-refractivity contribution in [1.29, 1.82) is 0 Å². The largest absolute Gasteiger partial charge is 0.545 e. The Kier molecular flexibility index (Phi) is 2.41. The summed E-state index contributed by atoms with van der Waals surface area (Å²) in [5.74, 6) is -1.08. The average molecular weight is 177 g/mol. The molecule has 0 fully saturated rings. The Morgan fingerprint density at radius 3 is 1.77 bits per heavy atom. The van der Waals surface area contributed by atoms with Crippen molar-refractivity contribution in [2.24, 2.45) is 0 Å². The van der Waals surface area contributed by atoms with Crippen LogP contribution >= 0.6 is 0 Å². The van der Waals surface area contributed by atoms with Crippen LogP contribution in [0.5, 0.6) is 0 Å². The average Bonchev–Trinajstić information content (AvgIpc) is 2.01. The summed E-state index contributed by atoms with van der Waals surface area (Å²) in [5, 5.41) is 10.8. The van der Waals surface area contributed by atoms with Crippen LogP contribution in [0.3, 0.4) is 0 Å². The quantitative estimate of drug-likeness (QED) is 0.648. The predicted molar refractivity (Wildman–Crippen MR) is 49.7 cm³/mol. The van der Waals surface area contributed by atoms with Gasteiger partial charge in [0.2, 0.25) is 0 Å². The highest BCUT2D eigenvalue weighted by molar-refractivity contribution is 5.90. The maximum Gasteiger partial charge on any atom is 0.0720 e. The molecule has 0 aliphatic rings. The van der Waals surface area contributed by atoms with Gasteiger partial charge in [0.05, 0.1) is 5.97 Å². The molecule has 2 nitrogen and oxygen atoms in total. The van der Waals surface area contributed by atoms with Gasteiger partial charge in [0.1, 0.15) is 0 Å². The van der Waals surface area contributed by atoms with Gasteiger partial charge in [-0.25, -0.2) is 0 Å². The van der Waals surface area contributed by atoms with E-state index in [-0.39, 0.29) is 0 Å². The van der Waals surface area contributed by atoms with E-state index in [0.717, 1.165) is 22.3 Å². The lowest BCUT2D eigenvalue weighted by molar-refractivity contribution is -0.255. The zero-order valence-corrected chi connectivity index (χ0v) is 8.39. The van der Waals surface area contributed by atoms with Crippen molar-refractivity contribution < 1.29 is 9.90 Å². The van der Waals surface area contributed by atoms with Crippen LogP contribution < -0.4 is 5.11 Å². The third kappa shape index (κ3) is 1.57. The number of hydrogen-bond donors (Lipinski definition) is 0. The molecule has 0 aliphatic carbocycles. The van der Waals surface area contributed by atoms with Gasteiger partial charge >= 0.3 is 0 Å². The fraction of sp³-hybridized carbons (Fsp3) is 0.364. The number of aryl methyl sites for hydroxylation is 2. The third-order valence-electron chi connectivity index (χ3n) is 2.57. The van der Waals surface area contributed by atoms with E-state index in [1.54, 1.807) is 0 Å². The van der Waals surface area contributed by atoms with Crippen molar-refractivity contribution in [3.8, 4) is 0 Å². The van der Waals surface area contributed by atoms with E-state index in [9.17, 15) is 9.90 Å². The molecule has 0 N–H and O–H groups in total. The van der Waals surface area contributed by atoms with Crippen molar-refractivity contribution >= 4 is 5.97 Å². The first-order valence-corrected chi connectivity index (χ1v) is 4.24. The van der Waals surface area contributed by atoms with Crippen molar-refractivity contribution in [2.75, 3.05) is 0 Å². The van der Waals surface area contributed by atoms with Crippen molar-refractivity contribution in [3.63, 3.8) is 0 Å². The lowest BCUT2D eigenvalue weighted by atomic mass is 9.94. The molecule has 0 aliphatic heterocycles. The lowest BCUT2D eigenvalue weighted by Gasteiger charge is -2.15. The van der Waals surface area contributed by atoms with Gasteiger partial charge in [-0.3, -0.25) is 0 Å². The van der Waals surface area contributed by atoms with Gasteiger partial charge in [0, 0.05) is 5.56 Å². The van der Waals surface area contributed by atoms with Crippen molar-refractivity contribution in [3.05, 3.63) is 33.9 Å². The molecule has 13 heavy (non-hydrogen) atoms. The van der Waals surface area contributed by atoms with E-state index in [4.69, 9.17) is 0 Å². The van der Waals surface area contributed by atoms with Crippen LogP contribution in [-0.2, 0) is 0 Å². The summed E-state index contributed by atoms with van der Waals surface area (Å²) >= 11 is 0. The molecule has 1 aromatic rings. The van der Waals surface area contributed by atoms with Crippen molar-refractivity contribution in [2.45, 2.75) is 27.7 Å². The Bertz CT molecular complexity index is 339. The standard InChI is InChI=1S/C11H14O2/c1-6-5-7(2)9(4)10(8(6)3)11(12)13/h5H,1-4H3,(H,12,13)/p-1.